The summed E-state index contributed by atoms with van der Waals surface area (Å²) in [4.78, 5) is 0. The maximum absolute atomic E-state index is 9.40. The Bertz CT molecular complexity index is 85.9. The molecule has 12 heavy (non-hydrogen) atoms. The van der Waals surface area contributed by atoms with Gasteiger partial charge in [0.15, 0.2) is 0 Å². The number of aliphatic hydroxyl groups excluding tert-OH is 1. The lowest BCUT2D eigenvalue weighted by Crippen LogP contribution is -2.05. The van der Waals surface area contributed by atoms with Crippen LogP contribution in [0.3, 0.4) is 0 Å². The number of unbranched alkanes of at least 4 members (excludes halogenated alkanes) is 1. The monoisotopic (exact) mass is 190 g/mol. The van der Waals surface area contributed by atoms with Gasteiger partial charge in [0.05, 0.1) is 6.10 Å². The SMILES string of the molecule is CCCC(O)CCCCSCC. The van der Waals surface area contributed by atoms with E-state index in [1.807, 2.05) is 11.8 Å². The number of thioether (sulfide) groups is 1. The van der Waals surface area contributed by atoms with Gasteiger partial charge in [-0.3, -0.25) is 0 Å². The van der Waals surface area contributed by atoms with Crippen LogP contribution in [0.25, 0.3) is 0 Å². The van der Waals surface area contributed by atoms with E-state index in [0.717, 1.165) is 19.3 Å². The molecule has 1 nitrogen and oxygen atoms in total. The second-order valence-corrected chi connectivity index (χ2v) is 4.53. The molecule has 74 valence electrons. The lowest BCUT2D eigenvalue weighted by Gasteiger charge is -2.07. The third-order valence-corrected chi connectivity index (χ3v) is 2.89. The number of aliphatic hydroxyl groups is 1. The summed E-state index contributed by atoms with van der Waals surface area (Å²) >= 11 is 1.99. The lowest BCUT2D eigenvalue weighted by molar-refractivity contribution is 0.151. The molecule has 0 aromatic heterocycles. The van der Waals surface area contributed by atoms with Crippen molar-refractivity contribution in [2.75, 3.05) is 11.5 Å². The Morgan fingerprint density at radius 3 is 2.50 bits per heavy atom. The molecule has 0 rings (SSSR count). The third-order valence-electron chi connectivity index (χ3n) is 1.90. The number of rotatable bonds is 8. The van der Waals surface area contributed by atoms with Crippen LogP contribution in [-0.2, 0) is 0 Å². The molecule has 0 bridgehead atoms. The van der Waals surface area contributed by atoms with Gasteiger partial charge in [-0.2, -0.15) is 11.8 Å². The molecule has 0 aliphatic rings. The molecule has 1 N–H and O–H groups in total. The molecule has 0 amide bonds. The summed E-state index contributed by atoms with van der Waals surface area (Å²) in [6.07, 6.45) is 5.48. The van der Waals surface area contributed by atoms with E-state index < -0.39 is 0 Å². The van der Waals surface area contributed by atoms with Crippen LogP contribution < -0.4 is 0 Å². The second kappa shape index (κ2) is 9.40. The smallest absolute Gasteiger partial charge is 0.0540 e. The van der Waals surface area contributed by atoms with Gasteiger partial charge in [0, 0.05) is 0 Å². The average Bonchev–Trinajstić information content (AvgIpc) is 2.05. The van der Waals surface area contributed by atoms with Crippen LogP contribution in [0, 0.1) is 0 Å². The summed E-state index contributed by atoms with van der Waals surface area (Å²) in [5, 5.41) is 9.40. The highest BCUT2D eigenvalue weighted by Gasteiger charge is 2.00. The highest BCUT2D eigenvalue weighted by atomic mass is 32.2. The van der Waals surface area contributed by atoms with E-state index in [1.165, 1.54) is 24.3 Å². The number of hydrogen-bond acceptors (Lipinski definition) is 2. The predicted molar refractivity (Wildman–Crippen MR) is 57.8 cm³/mol. The molecule has 2 heteroatoms. The van der Waals surface area contributed by atoms with Gasteiger partial charge in [-0.25, -0.2) is 0 Å². The standard InChI is InChI=1S/C10H22OS/c1-3-7-10(11)8-5-6-9-12-4-2/h10-11H,3-9H2,1-2H3. The summed E-state index contributed by atoms with van der Waals surface area (Å²) in [7, 11) is 0. The van der Waals surface area contributed by atoms with Crippen LogP contribution in [0.1, 0.15) is 46.0 Å². The van der Waals surface area contributed by atoms with Crippen molar-refractivity contribution < 1.29 is 5.11 Å². The van der Waals surface area contributed by atoms with Crippen molar-refractivity contribution in [3.05, 3.63) is 0 Å². The number of hydrogen-bond donors (Lipinski definition) is 1. The quantitative estimate of drug-likeness (QED) is 0.594. The first-order chi connectivity index (χ1) is 5.81. The van der Waals surface area contributed by atoms with Gasteiger partial charge in [0.2, 0.25) is 0 Å². The third kappa shape index (κ3) is 8.41. The second-order valence-electron chi connectivity index (χ2n) is 3.14. The van der Waals surface area contributed by atoms with Crippen molar-refractivity contribution >= 4 is 11.8 Å². The molecule has 0 spiro atoms. The molecule has 0 aromatic rings. The zero-order valence-corrected chi connectivity index (χ0v) is 9.20. The Hall–Kier alpha value is 0.310. The van der Waals surface area contributed by atoms with Gasteiger partial charge >= 0.3 is 0 Å². The van der Waals surface area contributed by atoms with E-state index in [0.29, 0.717) is 0 Å². The van der Waals surface area contributed by atoms with Crippen molar-refractivity contribution in [1.29, 1.82) is 0 Å². The molecule has 0 aliphatic heterocycles. The minimum atomic E-state index is -0.0402. The predicted octanol–water partition coefficient (Wildman–Crippen LogP) is 3.07. The van der Waals surface area contributed by atoms with Gasteiger partial charge < -0.3 is 5.11 Å². The van der Waals surface area contributed by atoms with E-state index in [1.54, 1.807) is 0 Å². The van der Waals surface area contributed by atoms with Crippen molar-refractivity contribution in [2.24, 2.45) is 0 Å². The van der Waals surface area contributed by atoms with Crippen molar-refractivity contribution in [3.8, 4) is 0 Å². The van der Waals surface area contributed by atoms with Crippen molar-refractivity contribution in [3.63, 3.8) is 0 Å². The molecular formula is C10H22OS. The molecule has 0 radical (unpaired) electrons. The van der Waals surface area contributed by atoms with Gasteiger partial charge in [-0.05, 0) is 30.8 Å². The van der Waals surface area contributed by atoms with E-state index in [9.17, 15) is 5.11 Å². The molecule has 0 aliphatic carbocycles. The summed E-state index contributed by atoms with van der Waals surface area (Å²) in [6.45, 7) is 4.31. The Morgan fingerprint density at radius 2 is 1.92 bits per heavy atom. The van der Waals surface area contributed by atoms with Crippen LogP contribution in [0.15, 0.2) is 0 Å². The maximum atomic E-state index is 9.40. The Morgan fingerprint density at radius 1 is 1.17 bits per heavy atom. The molecule has 1 unspecified atom stereocenters. The molecule has 0 heterocycles. The van der Waals surface area contributed by atoms with Crippen LogP contribution in [-0.4, -0.2) is 22.7 Å². The largest absolute Gasteiger partial charge is 0.393 e. The van der Waals surface area contributed by atoms with E-state index in [2.05, 4.69) is 13.8 Å². The van der Waals surface area contributed by atoms with Crippen molar-refractivity contribution in [1.82, 2.24) is 0 Å². The zero-order valence-electron chi connectivity index (χ0n) is 8.38. The molecule has 0 aromatic carbocycles. The summed E-state index contributed by atoms with van der Waals surface area (Å²) < 4.78 is 0. The first kappa shape index (κ1) is 12.3. The fraction of sp³-hybridized carbons (Fsp3) is 1.00. The average molecular weight is 190 g/mol. The maximum Gasteiger partial charge on any atom is 0.0540 e. The first-order valence-corrected chi connectivity index (χ1v) is 6.22. The van der Waals surface area contributed by atoms with Gasteiger partial charge in [0.25, 0.3) is 0 Å². The van der Waals surface area contributed by atoms with Gasteiger partial charge in [0.1, 0.15) is 0 Å². The van der Waals surface area contributed by atoms with E-state index in [4.69, 9.17) is 0 Å². The Kier molecular flexibility index (Phi) is 9.64. The summed E-state index contributed by atoms with van der Waals surface area (Å²) in [5.74, 6) is 2.48. The summed E-state index contributed by atoms with van der Waals surface area (Å²) in [6, 6.07) is 0. The normalized spacial score (nSPS) is 13.2. The van der Waals surface area contributed by atoms with Crippen LogP contribution in [0.5, 0.6) is 0 Å². The zero-order chi connectivity index (χ0) is 9.23. The lowest BCUT2D eigenvalue weighted by atomic mass is 10.1. The molecule has 0 fully saturated rings. The topological polar surface area (TPSA) is 20.2 Å². The highest BCUT2D eigenvalue weighted by molar-refractivity contribution is 7.99. The van der Waals surface area contributed by atoms with Crippen LogP contribution in [0.2, 0.25) is 0 Å². The van der Waals surface area contributed by atoms with E-state index in [-0.39, 0.29) is 6.10 Å². The molecule has 0 saturated carbocycles. The first-order valence-electron chi connectivity index (χ1n) is 5.07. The minimum Gasteiger partial charge on any atom is -0.393 e. The Labute approximate surface area is 80.9 Å². The highest BCUT2D eigenvalue weighted by Crippen LogP contribution is 2.09. The van der Waals surface area contributed by atoms with E-state index >= 15 is 0 Å². The van der Waals surface area contributed by atoms with Crippen molar-refractivity contribution in [2.45, 2.75) is 52.1 Å². The fourth-order valence-corrected chi connectivity index (χ4v) is 1.90. The molecule has 1 atom stereocenters. The van der Waals surface area contributed by atoms with Gasteiger partial charge in [-0.15, -0.1) is 0 Å². The molecule has 0 saturated heterocycles. The minimum absolute atomic E-state index is 0.0402. The Balaban J connectivity index is 2.97. The van der Waals surface area contributed by atoms with Crippen LogP contribution in [0.4, 0.5) is 0 Å². The summed E-state index contributed by atoms with van der Waals surface area (Å²) in [5.41, 5.74) is 0. The van der Waals surface area contributed by atoms with Gasteiger partial charge in [-0.1, -0.05) is 26.7 Å². The van der Waals surface area contributed by atoms with Crippen LogP contribution >= 0.6 is 11.8 Å². The molecular weight excluding hydrogens is 168 g/mol. The fourth-order valence-electron chi connectivity index (χ4n) is 1.21.